The zero-order valence-corrected chi connectivity index (χ0v) is 15.6. The van der Waals surface area contributed by atoms with Crippen LogP contribution in [0.25, 0.3) is 0 Å². The number of aryl methyl sites for hydroxylation is 1. The molecule has 136 valence electrons. The summed E-state index contributed by atoms with van der Waals surface area (Å²) < 4.78 is 0. The Morgan fingerprint density at radius 3 is 2.92 bits per heavy atom. The Morgan fingerprint density at radius 2 is 2.12 bits per heavy atom. The van der Waals surface area contributed by atoms with Crippen LogP contribution in [0.1, 0.15) is 46.0 Å². The predicted octanol–water partition coefficient (Wildman–Crippen LogP) is 2.77. The van der Waals surface area contributed by atoms with E-state index in [0.717, 1.165) is 37.2 Å². The summed E-state index contributed by atoms with van der Waals surface area (Å²) in [6, 6.07) is 5.50. The Kier molecular flexibility index (Phi) is 4.74. The van der Waals surface area contributed by atoms with Crippen molar-refractivity contribution in [1.29, 1.82) is 0 Å². The first-order valence-corrected chi connectivity index (χ1v) is 9.81. The normalized spacial score (nSPS) is 17.9. The van der Waals surface area contributed by atoms with Gasteiger partial charge < -0.3 is 10.2 Å². The molecule has 1 fully saturated rings. The summed E-state index contributed by atoms with van der Waals surface area (Å²) in [7, 11) is 1.78. The molecule has 6 nitrogen and oxygen atoms in total. The third-order valence-corrected chi connectivity index (χ3v) is 6.25. The topological polar surface area (TPSA) is 74.3 Å². The van der Waals surface area contributed by atoms with Crippen molar-refractivity contribution in [1.82, 2.24) is 10.3 Å². The number of carbonyl (C=O) groups excluding carboxylic acids is 2. The van der Waals surface area contributed by atoms with Crippen molar-refractivity contribution in [3.05, 3.63) is 40.4 Å². The minimum Gasteiger partial charge on any atom is -0.317 e. The number of anilines is 2. The molecule has 7 heteroatoms. The molecule has 3 heterocycles. The van der Waals surface area contributed by atoms with E-state index in [9.17, 15) is 9.59 Å². The molecular weight excluding hydrogens is 348 g/mol. The number of aromatic nitrogens is 1. The molecule has 0 aliphatic carbocycles. The van der Waals surface area contributed by atoms with Gasteiger partial charge in [-0.05, 0) is 62.0 Å². The van der Waals surface area contributed by atoms with Gasteiger partial charge in [-0.3, -0.25) is 14.9 Å². The molecule has 4 rings (SSSR count). The first-order chi connectivity index (χ1) is 12.6. The van der Waals surface area contributed by atoms with E-state index >= 15 is 0 Å². The van der Waals surface area contributed by atoms with Crippen LogP contribution in [0, 0.1) is 0 Å². The molecule has 0 saturated carbocycles. The quantitative estimate of drug-likeness (QED) is 0.871. The second-order valence-electron chi connectivity index (χ2n) is 6.84. The molecule has 0 radical (unpaired) electrons. The summed E-state index contributed by atoms with van der Waals surface area (Å²) in [4.78, 5) is 31.7. The average Bonchev–Trinajstić information content (AvgIpc) is 3.14. The number of carbonyl (C=O) groups is 2. The average molecular weight is 370 g/mol. The van der Waals surface area contributed by atoms with E-state index in [2.05, 4.69) is 15.6 Å². The Labute approximate surface area is 156 Å². The van der Waals surface area contributed by atoms with E-state index in [1.807, 2.05) is 18.3 Å². The van der Waals surface area contributed by atoms with Gasteiger partial charge in [0, 0.05) is 35.8 Å². The van der Waals surface area contributed by atoms with Gasteiger partial charge in [-0.15, -0.1) is 11.3 Å². The minimum absolute atomic E-state index is 0.114. The van der Waals surface area contributed by atoms with Crippen molar-refractivity contribution < 1.29 is 9.59 Å². The third-order valence-electron chi connectivity index (χ3n) is 5.17. The monoisotopic (exact) mass is 370 g/mol. The highest BCUT2D eigenvalue weighted by Crippen LogP contribution is 2.32. The van der Waals surface area contributed by atoms with Crippen molar-refractivity contribution in [3.63, 3.8) is 0 Å². The van der Waals surface area contributed by atoms with Crippen molar-refractivity contribution in [2.24, 2.45) is 0 Å². The van der Waals surface area contributed by atoms with Crippen LogP contribution in [0.2, 0.25) is 0 Å². The fraction of sp³-hybridized carbons (Fsp3) is 0.421. The Morgan fingerprint density at radius 1 is 1.31 bits per heavy atom. The number of nitrogens with zero attached hydrogens (tertiary/aromatic N) is 2. The number of amides is 2. The molecule has 2 amide bonds. The highest BCUT2D eigenvalue weighted by molar-refractivity contribution is 7.15. The molecular formula is C19H22N4O2S. The standard InChI is InChI=1S/C19H22N4O2S/c1-23-15-4-2-14(10-13(15)3-5-17(23)24)18(25)22-19-21-11-16(26-19)12-6-8-20-9-7-12/h2,4,10-12,20H,3,5-9H2,1H3,(H,21,22,25). The minimum atomic E-state index is -0.154. The highest BCUT2D eigenvalue weighted by atomic mass is 32.1. The Bertz CT molecular complexity index is 842. The molecule has 2 aliphatic rings. The number of piperidine rings is 1. The number of hydrogen-bond acceptors (Lipinski definition) is 5. The fourth-order valence-corrected chi connectivity index (χ4v) is 4.59. The molecule has 26 heavy (non-hydrogen) atoms. The molecule has 2 aliphatic heterocycles. The van der Waals surface area contributed by atoms with Gasteiger partial charge in [-0.1, -0.05) is 0 Å². The smallest absolute Gasteiger partial charge is 0.257 e. The largest absolute Gasteiger partial charge is 0.317 e. The number of thiazole rings is 1. The summed E-state index contributed by atoms with van der Waals surface area (Å²) in [6.07, 6.45) is 5.29. The van der Waals surface area contributed by atoms with E-state index < -0.39 is 0 Å². The van der Waals surface area contributed by atoms with Crippen LogP contribution in [0.4, 0.5) is 10.8 Å². The molecule has 1 aromatic carbocycles. The molecule has 2 aromatic rings. The number of rotatable bonds is 3. The van der Waals surface area contributed by atoms with Crippen molar-refractivity contribution in [2.45, 2.75) is 31.6 Å². The fourth-order valence-electron chi connectivity index (χ4n) is 3.61. The maximum atomic E-state index is 12.6. The van der Waals surface area contributed by atoms with Gasteiger partial charge >= 0.3 is 0 Å². The summed E-state index contributed by atoms with van der Waals surface area (Å²) in [5.74, 6) is 0.498. The van der Waals surface area contributed by atoms with Crippen molar-refractivity contribution >= 4 is 34.0 Å². The van der Waals surface area contributed by atoms with E-state index in [1.165, 1.54) is 4.88 Å². The van der Waals surface area contributed by atoms with Gasteiger partial charge in [0.25, 0.3) is 5.91 Å². The van der Waals surface area contributed by atoms with Gasteiger partial charge in [0.05, 0.1) is 0 Å². The molecule has 2 N–H and O–H groups in total. The third kappa shape index (κ3) is 3.37. The van der Waals surface area contributed by atoms with Gasteiger partial charge in [0.2, 0.25) is 5.91 Å². The highest BCUT2D eigenvalue weighted by Gasteiger charge is 2.22. The van der Waals surface area contributed by atoms with Crippen LogP contribution >= 0.6 is 11.3 Å². The van der Waals surface area contributed by atoms with Gasteiger partial charge in [-0.2, -0.15) is 0 Å². The van der Waals surface area contributed by atoms with E-state index in [0.29, 0.717) is 29.5 Å². The maximum absolute atomic E-state index is 12.6. The zero-order valence-electron chi connectivity index (χ0n) is 14.7. The lowest BCUT2D eigenvalue weighted by Gasteiger charge is -2.25. The number of benzene rings is 1. The van der Waals surface area contributed by atoms with Gasteiger partial charge in [0.15, 0.2) is 5.13 Å². The van der Waals surface area contributed by atoms with Crippen molar-refractivity contribution in [3.8, 4) is 0 Å². The lowest BCUT2D eigenvalue weighted by Crippen LogP contribution is -2.31. The Balaban J connectivity index is 1.47. The summed E-state index contributed by atoms with van der Waals surface area (Å²) in [5, 5.41) is 6.93. The lowest BCUT2D eigenvalue weighted by atomic mass is 9.97. The second kappa shape index (κ2) is 7.17. The van der Waals surface area contributed by atoms with E-state index in [-0.39, 0.29) is 11.8 Å². The SMILES string of the molecule is CN1C(=O)CCc2cc(C(=O)Nc3ncc(C4CCNCC4)s3)ccc21. The predicted molar refractivity (Wildman–Crippen MR) is 103 cm³/mol. The summed E-state index contributed by atoms with van der Waals surface area (Å²) in [5.41, 5.74) is 2.53. The van der Waals surface area contributed by atoms with E-state index in [1.54, 1.807) is 29.4 Å². The van der Waals surface area contributed by atoms with Crippen LogP contribution in [-0.4, -0.2) is 36.9 Å². The van der Waals surface area contributed by atoms with Crippen LogP contribution < -0.4 is 15.5 Å². The molecule has 0 spiro atoms. The first-order valence-electron chi connectivity index (χ1n) is 8.99. The number of fused-ring (bicyclic) bond motifs is 1. The second-order valence-corrected chi connectivity index (χ2v) is 7.90. The van der Waals surface area contributed by atoms with Gasteiger partial charge in [0.1, 0.15) is 0 Å². The summed E-state index contributed by atoms with van der Waals surface area (Å²) >= 11 is 1.57. The van der Waals surface area contributed by atoms with Crippen LogP contribution in [0.5, 0.6) is 0 Å². The van der Waals surface area contributed by atoms with Crippen LogP contribution in [0.3, 0.4) is 0 Å². The lowest BCUT2D eigenvalue weighted by molar-refractivity contribution is -0.118. The van der Waals surface area contributed by atoms with E-state index in [4.69, 9.17) is 0 Å². The first kappa shape index (κ1) is 17.2. The summed E-state index contributed by atoms with van der Waals surface area (Å²) in [6.45, 7) is 2.08. The molecule has 1 saturated heterocycles. The molecule has 0 atom stereocenters. The molecule has 1 aromatic heterocycles. The van der Waals surface area contributed by atoms with Crippen molar-refractivity contribution in [2.75, 3.05) is 30.4 Å². The van der Waals surface area contributed by atoms with Gasteiger partial charge in [-0.25, -0.2) is 4.98 Å². The van der Waals surface area contributed by atoms with Crippen LogP contribution in [0.15, 0.2) is 24.4 Å². The number of hydrogen-bond donors (Lipinski definition) is 2. The number of nitrogens with one attached hydrogen (secondary N) is 2. The van der Waals surface area contributed by atoms with Crippen LogP contribution in [-0.2, 0) is 11.2 Å². The molecule has 0 bridgehead atoms. The Hall–Kier alpha value is -2.25. The molecule has 0 unspecified atom stereocenters. The maximum Gasteiger partial charge on any atom is 0.257 e. The zero-order chi connectivity index (χ0) is 18.1.